The van der Waals surface area contributed by atoms with E-state index in [9.17, 15) is 8.42 Å². The molecule has 138 valence electrons. The van der Waals surface area contributed by atoms with E-state index in [-0.39, 0.29) is 21.0 Å². The molecule has 1 atom stereocenters. The lowest BCUT2D eigenvalue weighted by molar-refractivity contribution is 0.171. The molecule has 0 saturated carbocycles. The second-order valence-electron chi connectivity index (χ2n) is 6.23. The highest BCUT2D eigenvalue weighted by Gasteiger charge is 2.38. The van der Waals surface area contributed by atoms with E-state index in [1.807, 2.05) is 18.2 Å². The molecule has 8 heteroatoms. The van der Waals surface area contributed by atoms with Gasteiger partial charge in [0.2, 0.25) is 10.0 Å². The summed E-state index contributed by atoms with van der Waals surface area (Å²) in [6, 6.07) is 9.98. The van der Waals surface area contributed by atoms with Gasteiger partial charge in [0.1, 0.15) is 18.1 Å². The number of hydrogen-bond acceptors (Lipinski definition) is 4. The highest BCUT2D eigenvalue weighted by atomic mass is 35.5. The average Bonchev–Trinajstić information content (AvgIpc) is 3.14. The van der Waals surface area contributed by atoms with Gasteiger partial charge >= 0.3 is 0 Å². The Bertz CT molecular complexity index is 948. The molecule has 0 spiro atoms. The number of hydrogen-bond donors (Lipinski definition) is 0. The lowest BCUT2D eigenvalue weighted by Crippen LogP contribution is -2.31. The van der Waals surface area contributed by atoms with Crippen LogP contribution in [0.3, 0.4) is 0 Å². The van der Waals surface area contributed by atoms with Crippen LogP contribution >= 0.6 is 23.2 Å². The zero-order valence-electron chi connectivity index (χ0n) is 13.8. The van der Waals surface area contributed by atoms with E-state index >= 15 is 0 Å². The highest BCUT2D eigenvalue weighted by Crippen LogP contribution is 2.42. The first-order valence-corrected chi connectivity index (χ1v) is 10.5. The number of ether oxygens (including phenoxy) is 2. The van der Waals surface area contributed by atoms with Crippen molar-refractivity contribution in [1.82, 2.24) is 4.31 Å². The van der Waals surface area contributed by atoms with Crippen LogP contribution in [0.25, 0.3) is 0 Å². The van der Waals surface area contributed by atoms with Crippen LogP contribution in [-0.4, -0.2) is 32.5 Å². The van der Waals surface area contributed by atoms with E-state index in [1.165, 1.54) is 10.4 Å². The quantitative estimate of drug-likeness (QED) is 0.752. The number of sulfonamides is 1. The fraction of sp³-hybridized carbons (Fsp3) is 0.333. The van der Waals surface area contributed by atoms with Crippen molar-refractivity contribution in [2.24, 2.45) is 0 Å². The van der Waals surface area contributed by atoms with Gasteiger partial charge in [-0.3, -0.25) is 0 Å². The fourth-order valence-corrected chi connectivity index (χ4v) is 5.86. The summed E-state index contributed by atoms with van der Waals surface area (Å²) in [7, 11) is -3.77. The molecule has 4 rings (SSSR count). The fourth-order valence-electron chi connectivity index (χ4n) is 3.44. The minimum absolute atomic E-state index is 0.0381. The zero-order valence-corrected chi connectivity index (χ0v) is 16.1. The number of benzene rings is 2. The van der Waals surface area contributed by atoms with Gasteiger partial charge in [-0.1, -0.05) is 35.3 Å². The van der Waals surface area contributed by atoms with Crippen molar-refractivity contribution in [3.63, 3.8) is 0 Å². The standard InChI is InChI=1S/C18H17Cl2NO4S/c19-13-3-1-5-17(18(13)20)26(22,23)21-8-2-4-14(21)12-6-7-15-16(11-12)25-10-9-24-15/h1,3,5-7,11,14H,2,4,8-10H2/t14-/m1/s1. The summed E-state index contributed by atoms with van der Waals surface area (Å²) in [5.74, 6) is 1.34. The highest BCUT2D eigenvalue weighted by molar-refractivity contribution is 7.89. The Labute approximate surface area is 162 Å². The van der Waals surface area contributed by atoms with Gasteiger partial charge < -0.3 is 9.47 Å². The van der Waals surface area contributed by atoms with Crippen molar-refractivity contribution in [2.75, 3.05) is 19.8 Å². The van der Waals surface area contributed by atoms with Gasteiger partial charge in [-0.25, -0.2) is 8.42 Å². The average molecular weight is 414 g/mol. The lowest BCUT2D eigenvalue weighted by atomic mass is 10.0. The lowest BCUT2D eigenvalue weighted by Gasteiger charge is -2.26. The molecule has 2 heterocycles. The maximum atomic E-state index is 13.2. The third-order valence-corrected chi connectivity index (χ3v) is 7.54. The van der Waals surface area contributed by atoms with E-state index in [2.05, 4.69) is 0 Å². The van der Waals surface area contributed by atoms with Crippen LogP contribution in [0.5, 0.6) is 11.5 Å². The minimum Gasteiger partial charge on any atom is -0.486 e. The minimum atomic E-state index is -3.77. The molecule has 1 fully saturated rings. The summed E-state index contributed by atoms with van der Waals surface area (Å²) in [6.07, 6.45) is 1.51. The Morgan fingerprint density at radius 1 is 1.04 bits per heavy atom. The summed E-state index contributed by atoms with van der Waals surface area (Å²) < 4.78 is 39.1. The third-order valence-electron chi connectivity index (χ3n) is 4.66. The van der Waals surface area contributed by atoms with Crippen molar-refractivity contribution < 1.29 is 17.9 Å². The molecule has 2 aliphatic rings. The monoisotopic (exact) mass is 413 g/mol. The molecular formula is C18H17Cl2NO4S. The molecule has 2 aromatic carbocycles. The van der Waals surface area contributed by atoms with Gasteiger partial charge in [-0.2, -0.15) is 4.31 Å². The summed E-state index contributed by atoms with van der Waals surface area (Å²) in [5.41, 5.74) is 0.883. The first-order valence-electron chi connectivity index (χ1n) is 8.34. The molecule has 0 aliphatic carbocycles. The second kappa shape index (κ2) is 6.93. The van der Waals surface area contributed by atoms with Crippen LogP contribution < -0.4 is 9.47 Å². The largest absolute Gasteiger partial charge is 0.486 e. The Morgan fingerprint density at radius 3 is 2.62 bits per heavy atom. The Hall–Kier alpha value is -1.47. The molecule has 0 radical (unpaired) electrons. The van der Waals surface area contributed by atoms with Crippen LogP contribution in [-0.2, 0) is 10.0 Å². The van der Waals surface area contributed by atoms with Gasteiger partial charge in [0.15, 0.2) is 11.5 Å². The van der Waals surface area contributed by atoms with Crippen LogP contribution in [0.15, 0.2) is 41.3 Å². The maximum absolute atomic E-state index is 13.2. The molecule has 0 N–H and O–H groups in total. The number of nitrogens with zero attached hydrogens (tertiary/aromatic N) is 1. The Kier molecular flexibility index (Phi) is 4.77. The van der Waals surface area contributed by atoms with Gasteiger partial charge in [0.05, 0.1) is 16.1 Å². The van der Waals surface area contributed by atoms with E-state index in [0.717, 1.165) is 18.4 Å². The second-order valence-corrected chi connectivity index (χ2v) is 8.87. The van der Waals surface area contributed by atoms with Crippen molar-refractivity contribution >= 4 is 33.2 Å². The number of rotatable bonds is 3. The molecule has 0 bridgehead atoms. The van der Waals surface area contributed by atoms with Crippen molar-refractivity contribution in [2.45, 2.75) is 23.8 Å². The van der Waals surface area contributed by atoms with Crippen LogP contribution in [0.2, 0.25) is 10.0 Å². The SMILES string of the molecule is O=S(=O)(c1cccc(Cl)c1Cl)N1CCC[C@@H]1c1ccc2c(c1)OCCO2. The molecule has 0 amide bonds. The first kappa shape index (κ1) is 17.9. The van der Waals surface area contributed by atoms with Gasteiger partial charge in [-0.05, 0) is 42.7 Å². The van der Waals surface area contributed by atoms with Crippen molar-refractivity contribution in [3.8, 4) is 11.5 Å². The predicted octanol–water partition coefficient (Wildman–Crippen LogP) is 4.29. The Morgan fingerprint density at radius 2 is 1.81 bits per heavy atom. The summed E-state index contributed by atoms with van der Waals surface area (Å²) >= 11 is 12.2. The number of halogens is 2. The summed E-state index contributed by atoms with van der Waals surface area (Å²) in [6.45, 7) is 1.44. The Balaban J connectivity index is 1.71. The maximum Gasteiger partial charge on any atom is 0.245 e. The van der Waals surface area contributed by atoms with Crippen LogP contribution in [0.1, 0.15) is 24.4 Å². The van der Waals surface area contributed by atoms with E-state index in [0.29, 0.717) is 31.3 Å². The van der Waals surface area contributed by atoms with Gasteiger partial charge in [0, 0.05) is 6.54 Å². The van der Waals surface area contributed by atoms with Gasteiger partial charge in [0.25, 0.3) is 0 Å². The summed E-state index contributed by atoms with van der Waals surface area (Å²) in [5, 5.41) is 0.282. The molecular weight excluding hydrogens is 397 g/mol. The number of fused-ring (bicyclic) bond motifs is 1. The van der Waals surface area contributed by atoms with E-state index in [1.54, 1.807) is 12.1 Å². The topological polar surface area (TPSA) is 55.8 Å². The van der Waals surface area contributed by atoms with Gasteiger partial charge in [-0.15, -0.1) is 0 Å². The van der Waals surface area contributed by atoms with E-state index < -0.39 is 10.0 Å². The molecule has 2 aromatic rings. The molecule has 26 heavy (non-hydrogen) atoms. The molecule has 0 aromatic heterocycles. The normalized spacial score (nSPS) is 20.3. The van der Waals surface area contributed by atoms with Crippen molar-refractivity contribution in [3.05, 3.63) is 52.0 Å². The third kappa shape index (κ3) is 3.05. The molecule has 5 nitrogen and oxygen atoms in total. The van der Waals surface area contributed by atoms with Crippen LogP contribution in [0.4, 0.5) is 0 Å². The molecule has 2 aliphatic heterocycles. The molecule has 0 unspecified atom stereocenters. The zero-order chi connectivity index (χ0) is 18.3. The predicted molar refractivity (Wildman–Crippen MR) is 99.8 cm³/mol. The smallest absolute Gasteiger partial charge is 0.245 e. The van der Waals surface area contributed by atoms with Crippen molar-refractivity contribution in [1.29, 1.82) is 0 Å². The van der Waals surface area contributed by atoms with E-state index in [4.69, 9.17) is 32.7 Å². The first-order chi connectivity index (χ1) is 12.5. The summed E-state index contributed by atoms with van der Waals surface area (Å²) in [4.78, 5) is 0.0381. The van der Waals surface area contributed by atoms with Crippen LogP contribution in [0, 0.1) is 0 Å². The molecule has 1 saturated heterocycles.